The van der Waals surface area contributed by atoms with Gasteiger partial charge in [0.2, 0.25) is 0 Å². The van der Waals surface area contributed by atoms with E-state index in [4.69, 9.17) is 11.6 Å². The van der Waals surface area contributed by atoms with Crippen LogP contribution in [-0.2, 0) is 6.54 Å². The number of allylic oxidation sites excluding steroid dienone is 1. The van der Waals surface area contributed by atoms with E-state index >= 15 is 0 Å². The van der Waals surface area contributed by atoms with Crippen molar-refractivity contribution in [3.63, 3.8) is 0 Å². The summed E-state index contributed by atoms with van der Waals surface area (Å²) < 4.78 is 0. The van der Waals surface area contributed by atoms with Crippen LogP contribution in [0.1, 0.15) is 37.0 Å². The van der Waals surface area contributed by atoms with E-state index in [9.17, 15) is 0 Å². The molecule has 0 spiro atoms. The zero-order valence-corrected chi connectivity index (χ0v) is 11.0. The molecule has 0 radical (unpaired) electrons. The molecule has 1 heterocycles. The standard InChI is InChI=1S/C13H18ClNS/c14-12-8-13(16-10-12)9-15-7-6-11-4-2-1-3-5-11/h4,8,10,15H,1-3,5-7,9H2. The molecule has 0 fully saturated rings. The Labute approximate surface area is 107 Å². The highest BCUT2D eigenvalue weighted by molar-refractivity contribution is 7.10. The highest BCUT2D eigenvalue weighted by Gasteiger charge is 2.03. The molecule has 88 valence electrons. The molecule has 0 aromatic carbocycles. The Morgan fingerprint density at radius 2 is 2.31 bits per heavy atom. The molecular formula is C13H18ClNS. The number of thiophene rings is 1. The molecule has 1 aromatic rings. The second-order valence-corrected chi connectivity index (χ2v) is 5.70. The van der Waals surface area contributed by atoms with E-state index in [0.29, 0.717) is 0 Å². The molecule has 1 aromatic heterocycles. The van der Waals surface area contributed by atoms with Crippen LogP contribution in [-0.4, -0.2) is 6.54 Å². The minimum absolute atomic E-state index is 0.858. The summed E-state index contributed by atoms with van der Waals surface area (Å²) in [6.07, 6.45) is 8.99. The van der Waals surface area contributed by atoms with Crippen molar-refractivity contribution in [2.75, 3.05) is 6.54 Å². The molecule has 1 nitrogen and oxygen atoms in total. The number of rotatable bonds is 5. The van der Waals surface area contributed by atoms with Gasteiger partial charge < -0.3 is 5.32 Å². The Bertz CT molecular complexity index is 357. The Kier molecular flexibility index (Phi) is 4.89. The average molecular weight is 256 g/mol. The first kappa shape index (κ1) is 12.2. The van der Waals surface area contributed by atoms with Gasteiger partial charge in [-0.1, -0.05) is 23.3 Å². The lowest BCUT2D eigenvalue weighted by Gasteiger charge is -2.12. The van der Waals surface area contributed by atoms with Crippen LogP contribution in [0.2, 0.25) is 5.02 Å². The monoisotopic (exact) mass is 255 g/mol. The van der Waals surface area contributed by atoms with Gasteiger partial charge in [0.25, 0.3) is 0 Å². The summed E-state index contributed by atoms with van der Waals surface area (Å²) in [5, 5.41) is 6.32. The molecule has 1 N–H and O–H groups in total. The maximum absolute atomic E-state index is 5.87. The first-order chi connectivity index (χ1) is 7.84. The van der Waals surface area contributed by atoms with Crippen molar-refractivity contribution in [2.24, 2.45) is 0 Å². The van der Waals surface area contributed by atoms with Gasteiger partial charge >= 0.3 is 0 Å². The van der Waals surface area contributed by atoms with E-state index < -0.39 is 0 Å². The third-order valence-electron chi connectivity index (χ3n) is 2.93. The maximum atomic E-state index is 5.87. The van der Waals surface area contributed by atoms with Crippen LogP contribution < -0.4 is 5.32 Å². The van der Waals surface area contributed by atoms with Gasteiger partial charge in [-0.25, -0.2) is 0 Å². The lowest BCUT2D eigenvalue weighted by atomic mass is 9.97. The van der Waals surface area contributed by atoms with Crippen molar-refractivity contribution in [1.29, 1.82) is 0 Å². The second-order valence-electron chi connectivity index (χ2n) is 4.27. The maximum Gasteiger partial charge on any atom is 0.0516 e. The fourth-order valence-electron chi connectivity index (χ4n) is 2.04. The van der Waals surface area contributed by atoms with E-state index in [2.05, 4.69) is 11.4 Å². The molecule has 1 aliphatic rings. The Morgan fingerprint density at radius 3 is 3.00 bits per heavy atom. The van der Waals surface area contributed by atoms with Gasteiger partial charge in [-0.3, -0.25) is 0 Å². The fraction of sp³-hybridized carbons (Fsp3) is 0.538. The molecule has 3 heteroatoms. The predicted molar refractivity (Wildman–Crippen MR) is 72.2 cm³/mol. The lowest BCUT2D eigenvalue weighted by molar-refractivity contribution is 0.635. The first-order valence-electron chi connectivity index (χ1n) is 5.96. The number of hydrogen-bond acceptors (Lipinski definition) is 2. The SMILES string of the molecule is Clc1csc(CNCCC2=CCCCC2)c1. The number of nitrogens with one attached hydrogen (secondary N) is 1. The lowest BCUT2D eigenvalue weighted by Crippen LogP contribution is -2.14. The first-order valence-corrected chi connectivity index (χ1v) is 7.22. The molecule has 1 aliphatic carbocycles. The number of hydrogen-bond donors (Lipinski definition) is 1. The van der Waals surface area contributed by atoms with Gasteiger partial charge in [0.1, 0.15) is 0 Å². The van der Waals surface area contributed by atoms with Crippen molar-refractivity contribution in [1.82, 2.24) is 5.32 Å². The van der Waals surface area contributed by atoms with Gasteiger partial charge in [-0.2, -0.15) is 0 Å². The van der Waals surface area contributed by atoms with Crippen molar-refractivity contribution < 1.29 is 0 Å². The Hall–Kier alpha value is -0.310. The van der Waals surface area contributed by atoms with Gasteiger partial charge in [-0.15, -0.1) is 11.3 Å². The molecule has 0 atom stereocenters. The molecule has 0 aliphatic heterocycles. The highest BCUT2D eigenvalue weighted by Crippen LogP contribution is 2.20. The second kappa shape index (κ2) is 6.43. The molecule has 0 bridgehead atoms. The Morgan fingerprint density at radius 1 is 1.38 bits per heavy atom. The van der Waals surface area contributed by atoms with E-state index in [-0.39, 0.29) is 0 Å². The molecule has 16 heavy (non-hydrogen) atoms. The largest absolute Gasteiger partial charge is 0.312 e. The van der Waals surface area contributed by atoms with Crippen LogP contribution in [0, 0.1) is 0 Å². The van der Waals surface area contributed by atoms with E-state index in [0.717, 1.165) is 18.1 Å². The van der Waals surface area contributed by atoms with Gasteiger partial charge in [0, 0.05) is 16.8 Å². The third kappa shape index (κ3) is 3.93. The fourth-order valence-corrected chi connectivity index (χ4v) is 3.08. The highest BCUT2D eigenvalue weighted by atomic mass is 35.5. The van der Waals surface area contributed by atoms with E-state index in [1.54, 1.807) is 16.9 Å². The molecule has 2 rings (SSSR count). The molecule has 0 unspecified atom stereocenters. The summed E-state index contributed by atoms with van der Waals surface area (Å²) >= 11 is 7.59. The average Bonchev–Trinajstić information content (AvgIpc) is 2.72. The van der Waals surface area contributed by atoms with Crippen LogP contribution in [0.4, 0.5) is 0 Å². The van der Waals surface area contributed by atoms with Crippen molar-refractivity contribution in [3.05, 3.63) is 33.0 Å². The summed E-state index contributed by atoms with van der Waals surface area (Å²) in [6.45, 7) is 2.03. The van der Waals surface area contributed by atoms with Crippen molar-refractivity contribution in [3.8, 4) is 0 Å². The third-order valence-corrected chi connectivity index (χ3v) is 4.21. The van der Waals surface area contributed by atoms with Crippen LogP contribution >= 0.6 is 22.9 Å². The quantitative estimate of drug-likeness (QED) is 0.608. The minimum atomic E-state index is 0.858. The zero-order valence-electron chi connectivity index (χ0n) is 9.47. The topological polar surface area (TPSA) is 12.0 Å². The zero-order chi connectivity index (χ0) is 11.2. The summed E-state index contributed by atoms with van der Waals surface area (Å²) in [5.74, 6) is 0. The Balaban J connectivity index is 1.63. The van der Waals surface area contributed by atoms with Crippen LogP contribution in [0.15, 0.2) is 23.1 Å². The van der Waals surface area contributed by atoms with Crippen molar-refractivity contribution in [2.45, 2.75) is 38.6 Å². The van der Waals surface area contributed by atoms with Crippen LogP contribution in [0.25, 0.3) is 0 Å². The van der Waals surface area contributed by atoms with E-state index in [1.165, 1.54) is 37.0 Å². The van der Waals surface area contributed by atoms with E-state index in [1.807, 2.05) is 11.4 Å². The predicted octanol–water partition coefficient (Wildman–Crippen LogP) is 4.38. The summed E-state index contributed by atoms with van der Waals surface area (Å²) in [6, 6.07) is 2.04. The molecular weight excluding hydrogens is 238 g/mol. The summed E-state index contributed by atoms with van der Waals surface area (Å²) in [4.78, 5) is 1.32. The summed E-state index contributed by atoms with van der Waals surface area (Å²) in [7, 11) is 0. The smallest absolute Gasteiger partial charge is 0.0516 e. The van der Waals surface area contributed by atoms with Gasteiger partial charge in [-0.05, 0) is 44.7 Å². The minimum Gasteiger partial charge on any atom is -0.312 e. The summed E-state index contributed by atoms with van der Waals surface area (Å²) in [5.41, 5.74) is 1.64. The van der Waals surface area contributed by atoms with Gasteiger partial charge in [0.05, 0.1) is 5.02 Å². The molecule has 0 saturated carbocycles. The van der Waals surface area contributed by atoms with Crippen molar-refractivity contribution >= 4 is 22.9 Å². The molecule has 0 saturated heterocycles. The normalized spacial score (nSPS) is 16.2. The van der Waals surface area contributed by atoms with Crippen LogP contribution in [0.3, 0.4) is 0 Å². The van der Waals surface area contributed by atoms with Gasteiger partial charge in [0.15, 0.2) is 0 Å². The molecule has 0 amide bonds. The van der Waals surface area contributed by atoms with Crippen LogP contribution in [0.5, 0.6) is 0 Å². The number of halogens is 1.